The molecule has 8 heteroatoms. The van der Waals surface area contributed by atoms with E-state index in [1.54, 1.807) is 0 Å². The Morgan fingerprint density at radius 1 is 1.44 bits per heavy atom. The molecule has 1 aromatic carbocycles. The van der Waals surface area contributed by atoms with Crippen LogP contribution in [-0.2, 0) is 10.8 Å². The summed E-state index contributed by atoms with van der Waals surface area (Å²) >= 11 is 10.2. The predicted octanol–water partition coefficient (Wildman–Crippen LogP) is 3.16. The summed E-state index contributed by atoms with van der Waals surface area (Å²) < 4.78 is 49.8. The summed E-state index contributed by atoms with van der Waals surface area (Å²) in [6.07, 6.45) is 0. The molecule has 0 radical (unpaired) electrons. The summed E-state index contributed by atoms with van der Waals surface area (Å²) in [4.78, 5) is -0.449. The molecule has 0 spiro atoms. The molecule has 2 N–H and O–H groups in total. The predicted molar refractivity (Wildman–Crippen MR) is 58.0 cm³/mol. The van der Waals surface area contributed by atoms with Gasteiger partial charge in [-0.1, -0.05) is 23.2 Å². The summed E-state index contributed by atoms with van der Waals surface area (Å²) in [6, 6.07) is 3.53. The number of hydrogen-bond donors (Lipinski definition) is 1. The molecule has 0 fully saturated rings. The minimum Gasteiger partial charge on any atom is -0.399 e. The van der Waals surface area contributed by atoms with Crippen molar-refractivity contribution in [2.45, 2.75) is 15.8 Å². The summed E-state index contributed by atoms with van der Waals surface area (Å²) in [5.41, 5.74) is 2.35. The van der Waals surface area contributed by atoms with Crippen molar-refractivity contribution in [1.29, 1.82) is 0 Å². The molecule has 0 bridgehead atoms. The van der Waals surface area contributed by atoms with Gasteiger partial charge in [-0.05, 0) is 18.2 Å². The maximum absolute atomic E-state index is 13.0. The van der Waals surface area contributed by atoms with E-state index in [1.807, 2.05) is 0 Å². The van der Waals surface area contributed by atoms with Gasteiger partial charge < -0.3 is 5.73 Å². The second-order valence-electron chi connectivity index (χ2n) is 2.82. The maximum Gasteiger partial charge on any atom is 0.369 e. The van der Waals surface area contributed by atoms with Crippen molar-refractivity contribution in [2.75, 3.05) is 5.73 Å². The molecule has 2 atom stereocenters. The highest BCUT2D eigenvalue weighted by Gasteiger charge is 2.47. The molecule has 1 aromatic rings. The van der Waals surface area contributed by atoms with Gasteiger partial charge in [0.1, 0.15) is 10.8 Å². The van der Waals surface area contributed by atoms with Crippen molar-refractivity contribution in [3.63, 3.8) is 0 Å². The van der Waals surface area contributed by atoms with Crippen molar-refractivity contribution in [1.82, 2.24) is 0 Å². The topological polar surface area (TPSA) is 43.1 Å². The Morgan fingerprint density at radius 3 is 2.50 bits per heavy atom. The molecule has 0 saturated carbocycles. The van der Waals surface area contributed by atoms with Crippen LogP contribution < -0.4 is 5.73 Å². The minimum absolute atomic E-state index is 0.0912. The van der Waals surface area contributed by atoms with E-state index < -0.39 is 26.6 Å². The van der Waals surface area contributed by atoms with Gasteiger partial charge in [0.05, 0.1) is 9.92 Å². The Hall–Kier alpha value is -0.460. The number of alkyl halides is 4. The van der Waals surface area contributed by atoms with Crippen LogP contribution in [0.1, 0.15) is 0 Å². The molecule has 0 amide bonds. The van der Waals surface area contributed by atoms with Crippen LogP contribution in [0.15, 0.2) is 23.1 Å². The smallest absolute Gasteiger partial charge is 0.369 e. The lowest BCUT2D eigenvalue weighted by Gasteiger charge is -2.16. The van der Waals surface area contributed by atoms with E-state index in [0.717, 1.165) is 6.07 Å². The maximum atomic E-state index is 13.0. The monoisotopic (exact) mass is 291 g/mol. The standard InChI is InChI=1S/C8H6Cl2F3NOS/c9-5-2-1-4(14)3-6(5)16(15)8(12,13)7(10)11/h1-3,7H,14H2. The molecule has 0 heterocycles. The molecule has 0 aliphatic rings. The summed E-state index contributed by atoms with van der Waals surface area (Å²) in [5, 5.41) is -4.41. The Labute approximate surface area is 102 Å². The first-order valence-corrected chi connectivity index (χ1v) is 5.86. The van der Waals surface area contributed by atoms with Gasteiger partial charge in [0.15, 0.2) is 0 Å². The lowest BCUT2D eigenvalue weighted by atomic mass is 10.3. The highest BCUT2D eigenvalue weighted by atomic mass is 35.5. The zero-order valence-corrected chi connectivity index (χ0v) is 9.92. The zero-order chi connectivity index (χ0) is 12.5. The van der Waals surface area contributed by atoms with E-state index in [4.69, 9.17) is 17.3 Å². The Bertz CT molecular complexity index is 428. The Balaban J connectivity index is 3.19. The van der Waals surface area contributed by atoms with E-state index in [1.165, 1.54) is 12.1 Å². The lowest BCUT2D eigenvalue weighted by Crippen LogP contribution is -2.31. The van der Waals surface area contributed by atoms with Crippen LogP contribution in [0.4, 0.5) is 18.9 Å². The molecule has 0 aliphatic heterocycles. The van der Waals surface area contributed by atoms with E-state index in [0.29, 0.717) is 0 Å². The van der Waals surface area contributed by atoms with Crippen LogP contribution in [0.2, 0.25) is 5.02 Å². The van der Waals surface area contributed by atoms with Crippen LogP contribution in [0.3, 0.4) is 0 Å². The highest BCUT2D eigenvalue weighted by Crippen LogP contribution is 2.35. The van der Waals surface area contributed by atoms with E-state index in [-0.39, 0.29) is 10.7 Å². The van der Waals surface area contributed by atoms with Crippen LogP contribution in [0.5, 0.6) is 0 Å². The van der Waals surface area contributed by atoms with E-state index in [2.05, 4.69) is 11.6 Å². The molecule has 16 heavy (non-hydrogen) atoms. The fraction of sp³-hybridized carbons (Fsp3) is 0.250. The number of halogens is 5. The molecule has 0 aromatic heterocycles. The fourth-order valence-corrected chi connectivity index (χ4v) is 2.40. The van der Waals surface area contributed by atoms with Crippen molar-refractivity contribution in [3.05, 3.63) is 23.2 Å². The first kappa shape index (κ1) is 13.6. The Kier molecular flexibility index (Phi) is 4.09. The van der Waals surface area contributed by atoms with Crippen LogP contribution in [0, 0.1) is 0 Å². The van der Waals surface area contributed by atoms with Crippen molar-refractivity contribution < 1.29 is 17.4 Å². The van der Waals surface area contributed by atoms with Gasteiger partial charge in [0.2, 0.25) is 5.63 Å². The number of nitrogens with two attached hydrogens (primary N) is 1. The normalized spacial score (nSPS) is 15.8. The second kappa shape index (κ2) is 4.81. The van der Waals surface area contributed by atoms with Gasteiger partial charge in [-0.15, -0.1) is 0 Å². The molecular formula is C8H6Cl2F3NOS. The highest BCUT2D eigenvalue weighted by molar-refractivity contribution is 7.86. The first-order valence-electron chi connectivity index (χ1n) is 3.89. The third-order valence-electron chi connectivity index (χ3n) is 1.66. The number of rotatable bonds is 3. The number of hydrogen-bond acceptors (Lipinski definition) is 2. The largest absolute Gasteiger partial charge is 0.399 e. The van der Waals surface area contributed by atoms with E-state index in [9.17, 15) is 17.4 Å². The quantitative estimate of drug-likeness (QED) is 0.687. The average molecular weight is 292 g/mol. The van der Waals surface area contributed by atoms with Crippen molar-refractivity contribution in [2.24, 2.45) is 0 Å². The van der Waals surface area contributed by atoms with Gasteiger partial charge in [-0.25, -0.2) is 8.60 Å². The molecule has 90 valence electrons. The summed E-state index contributed by atoms with van der Waals surface area (Å²) in [6.45, 7) is 0. The van der Waals surface area contributed by atoms with Gasteiger partial charge in [-0.3, -0.25) is 0 Å². The van der Waals surface area contributed by atoms with Crippen LogP contribution in [-0.4, -0.2) is 15.1 Å². The van der Waals surface area contributed by atoms with Crippen molar-refractivity contribution >= 4 is 39.7 Å². The molecular weight excluding hydrogens is 286 g/mol. The first-order chi connectivity index (χ1) is 7.26. The van der Waals surface area contributed by atoms with Gasteiger partial charge in [-0.2, -0.15) is 8.78 Å². The average Bonchev–Trinajstić information content (AvgIpc) is 2.20. The van der Waals surface area contributed by atoms with Crippen LogP contribution >= 0.6 is 23.2 Å². The number of anilines is 1. The molecule has 0 aliphatic carbocycles. The van der Waals surface area contributed by atoms with Gasteiger partial charge >= 0.3 is 5.25 Å². The van der Waals surface area contributed by atoms with Crippen molar-refractivity contribution in [3.8, 4) is 0 Å². The zero-order valence-electron chi connectivity index (χ0n) is 7.59. The summed E-state index contributed by atoms with van der Waals surface area (Å²) in [5.74, 6) is 0. The third kappa shape index (κ3) is 2.61. The number of benzene rings is 1. The summed E-state index contributed by atoms with van der Waals surface area (Å²) in [7, 11) is -3.00. The van der Waals surface area contributed by atoms with Crippen LogP contribution in [0.25, 0.3) is 0 Å². The molecule has 1 rings (SSSR count). The molecule has 2 unspecified atom stereocenters. The fourth-order valence-electron chi connectivity index (χ4n) is 0.890. The van der Waals surface area contributed by atoms with E-state index >= 15 is 0 Å². The lowest BCUT2D eigenvalue weighted by molar-refractivity contribution is 0.0479. The second-order valence-corrected chi connectivity index (χ2v) is 5.13. The molecule has 0 saturated heterocycles. The van der Waals surface area contributed by atoms with Gasteiger partial charge in [0, 0.05) is 5.69 Å². The Morgan fingerprint density at radius 2 is 2.00 bits per heavy atom. The number of nitrogen functional groups attached to an aromatic ring is 1. The minimum atomic E-state index is -4.22. The SMILES string of the molecule is Nc1ccc(Cl)c(S(=O)C(F)(F)C(F)Cl)c1. The third-order valence-corrected chi connectivity index (χ3v) is 3.94. The van der Waals surface area contributed by atoms with Gasteiger partial charge in [0.25, 0.3) is 0 Å². The molecule has 2 nitrogen and oxygen atoms in total.